The Balaban J connectivity index is 1.65. The summed E-state index contributed by atoms with van der Waals surface area (Å²) in [7, 11) is 0. The lowest BCUT2D eigenvalue weighted by molar-refractivity contribution is -0.138. The number of amides is 1. The fourth-order valence-corrected chi connectivity index (χ4v) is 3.94. The van der Waals surface area contributed by atoms with Gasteiger partial charge >= 0.3 is 12.1 Å². The molecular weight excluding hydrogens is 543 g/mol. The van der Waals surface area contributed by atoms with E-state index in [9.17, 15) is 27.9 Å². The molecule has 4 aromatic rings. The third-order valence-electron chi connectivity index (χ3n) is 5.87. The first-order valence-corrected chi connectivity index (χ1v) is 12.3. The van der Waals surface area contributed by atoms with Crippen molar-refractivity contribution < 1.29 is 32.6 Å². The van der Waals surface area contributed by atoms with Crippen molar-refractivity contribution in [3.05, 3.63) is 82.5 Å². The predicted octanol–water partition coefficient (Wildman–Crippen LogP) is 5.27. The molecule has 2 aromatic carbocycles. The maximum Gasteiger partial charge on any atom is 0.421 e. The zero-order valence-corrected chi connectivity index (χ0v) is 22.2. The lowest BCUT2D eigenvalue weighted by Crippen LogP contribution is -2.38. The SMILES string of the molecule is Cc1ccc(C(=O)N(c2ccc(Oc3ncc(CNc4n[nH]c(N)n4)cc3C(F)(F)F)cc2C(=O)O)C(C)C)cc1. The summed E-state index contributed by atoms with van der Waals surface area (Å²) < 4.78 is 47.2. The number of rotatable bonds is 9. The number of benzene rings is 2. The summed E-state index contributed by atoms with van der Waals surface area (Å²) >= 11 is 0. The van der Waals surface area contributed by atoms with Crippen LogP contribution in [-0.2, 0) is 12.7 Å². The second-order valence-corrected chi connectivity index (χ2v) is 9.31. The van der Waals surface area contributed by atoms with Gasteiger partial charge in [-0.15, -0.1) is 5.10 Å². The minimum Gasteiger partial charge on any atom is -0.478 e. The highest BCUT2D eigenvalue weighted by Gasteiger charge is 2.36. The van der Waals surface area contributed by atoms with Crippen molar-refractivity contribution in [3.63, 3.8) is 0 Å². The van der Waals surface area contributed by atoms with Crippen molar-refractivity contribution in [2.24, 2.45) is 0 Å². The zero-order chi connectivity index (χ0) is 29.9. The first kappa shape index (κ1) is 28.9. The maximum atomic E-state index is 13.9. The van der Waals surface area contributed by atoms with E-state index in [2.05, 4.69) is 25.5 Å². The molecule has 0 aliphatic rings. The minimum absolute atomic E-state index is 0.0353. The number of hydrogen-bond acceptors (Lipinski definition) is 8. The Morgan fingerprint density at radius 1 is 1.15 bits per heavy atom. The number of carbonyl (C=O) groups excluding carboxylic acids is 1. The maximum absolute atomic E-state index is 13.9. The van der Waals surface area contributed by atoms with E-state index in [1.54, 1.807) is 38.1 Å². The number of ether oxygens (including phenoxy) is 1. The molecule has 2 heterocycles. The van der Waals surface area contributed by atoms with Crippen molar-refractivity contribution in [3.8, 4) is 11.6 Å². The highest BCUT2D eigenvalue weighted by atomic mass is 19.4. The standard InChI is InChI=1S/C27H26F3N7O4/c1-14(2)37(23(38)17-6-4-15(3)5-7-17)21-9-8-18(11-19(21)24(39)40)41-22-20(27(28,29)30)10-16(12-32-22)13-33-26-34-25(31)35-36-26/h4-12,14H,13H2,1-3H3,(H,39,40)(H4,31,33,34,35,36). The topological polar surface area (TPSA) is 159 Å². The Kier molecular flexibility index (Phi) is 8.12. The van der Waals surface area contributed by atoms with Crippen LogP contribution in [0.1, 0.15) is 51.3 Å². The van der Waals surface area contributed by atoms with Crippen molar-refractivity contribution in [2.45, 2.75) is 39.5 Å². The number of aromatic carboxylic acids is 1. The number of nitrogen functional groups attached to an aromatic ring is 1. The van der Waals surface area contributed by atoms with Crippen LogP contribution in [0.15, 0.2) is 54.7 Å². The summed E-state index contributed by atoms with van der Waals surface area (Å²) in [5.74, 6) is -2.69. The second kappa shape index (κ2) is 11.5. The molecule has 0 aliphatic heterocycles. The van der Waals surface area contributed by atoms with E-state index < -0.39 is 35.5 Å². The van der Waals surface area contributed by atoms with Gasteiger partial charge < -0.3 is 25.8 Å². The van der Waals surface area contributed by atoms with E-state index in [1.165, 1.54) is 23.2 Å². The molecule has 0 radical (unpaired) electrons. The van der Waals surface area contributed by atoms with E-state index >= 15 is 0 Å². The van der Waals surface area contributed by atoms with Crippen LogP contribution in [0.5, 0.6) is 11.6 Å². The van der Waals surface area contributed by atoms with E-state index in [1.807, 2.05) is 6.92 Å². The zero-order valence-electron chi connectivity index (χ0n) is 22.2. The normalized spacial score (nSPS) is 11.4. The number of carbonyl (C=O) groups is 2. The molecule has 2 aromatic heterocycles. The first-order valence-electron chi connectivity index (χ1n) is 12.3. The van der Waals surface area contributed by atoms with Gasteiger partial charge in [0, 0.05) is 24.3 Å². The third-order valence-corrected chi connectivity index (χ3v) is 5.87. The fourth-order valence-electron chi connectivity index (χ4n) is 3.94. The molecule has 4 rings (SSSR count). The Morgan fingerprint density at radius 2 is 1.85 bits per heavy atom. The first-order chi connectivity index (χ1) is 19.3. The van der Waals surface area contributed by atoms with Gasteiger partial charge in [0.25, 0.3) is 5.91 Å². The van der Waals surface area contributed by atoms with Crippen LogP contribution in [0, 0.1) is 6.92 Å². The van der Waals surface area contributed by atoms with E-state index in [0.29, 0.717) is 5.56 Å². The van der Waals surface area contributed by atoms with Crippen LogP contribution < -0.4 is 20.7 Å². The molecule has 214 valence electrons. The molecule has 0 aliphatic carbocycles. The number of anilines is 3. The number of aromatic amines is 1. The Hall–Kier alpha value is -5.14. The Bertz CT molecular complexity index is 1570. The average molecular weight is 570 g/mol. The summed E-state index contributed by atoms with van der Waals surface area (Å²) in [6.07, 6.45) is -3.67. The van der Waals surface area contributed by atoms with Crippen LogP contribution in [0.2, 0.25) is 0 Å². The number of alkyl halides is 3. The molecular formula is C27H26F3N7O4. The fraction of sp³-hybridized carbons (Fsp3) is 0.222. The number of aryl methyl sites for hydroxylation is 1. The number of carboxylic acid groups (broad SMARTS) is 1. The van der Waals surface area contributed by atoms with Gasteiger partial charge in [-0.25, -0.2) is 14.9 Å². The van der Waals surface area contributed by atoms with E-state index in [0.717, 1.165) is 17.7 Å². The van der Waals surface area contributed by atoms with E-state index in [-0.39, 0.29) is 41.0 Å². The quantitative estimate of drug-likeness (QED) is 0.211. The van der Waals surface area contributed by atoms with Crippen LogP contribution in [0.25, 0.3) is 0 Å². The molecule has 0 saturated carbocycles. The predicted molar refractivity (Wildman–Crippen MR) is 144 cm³/mol. The van der Waals surface area contributed by atoms with Gasteiger partial charge in [0.2, 0.25) is 17.8 Å². The number of H-pyrrole nitrogens is 1. The number of pyridine rings is 1. The van der Waals surface area contributed by atoms with Crippen molar-refractivity contribution >= 4 is 29.5 Å². The summed E-state index contributed by atoms with van der Waals surface area (Å²) in [6, 6.07) is 10.9. The number of nitrogens with two attached hydrogens (primary N) is 1. The molecule has 14 heteroatoms. The second-order valence-electron chi connectivity index (χ2n) is 9.31. The number of nitrogens with zero attached hydrogens (tertiary/aromatic N) is 4. The summed E-state index contributed by atoms with van der Waals surface area (Å²) in [4.78, 5) is 34.5. The average Bonchev–Trinajstić information content (AvgIpc) is 3.33. The molecule has 41 heavy (non-hydrogen) atoms. The van der Waals surface area contributed by atoms with Crippen molar-refractivity contribution in [1.82, 2.24) is 20.2 Å². The lowest BCUT2D eigenvalue weighted by atomic mass is 10.1. The minimum atomic E-state index is -4.84. The molecule has 0 fully saturated rings. The van der Waals surface area contributed by atoms with Gasteiger partial charge in [-0.1, -0.05) is 17.7 Å². The van der Waals surface area contributed by atoms with Gasteiger partial charge in [0.05, 0.1) is 11.3 Å². The summed E-state index contributed by atoms with van der Waals surface area (Å²) in [5, 5.41) is 18.8. The number of halogens is 3. The van der Waals surface area contributed by atoms with Gasteiger partial charge in [-0.3, -0.25) is 4.79 Å². The molecule has 0 bridgehead atoms. The van der Waals surface area contributed by atoms with Crippen molar-refractivity contribution in [2.75, 3.05) is 16.0 Å². The Morgan fingerprint density at radius 3 is 2.44 bits per heavy atom. The largest absolute Gasteiger partial charge is 0.478 e. The van der Waals surface area contributed by atoms with Crippen LogP contribution in [0.4, 0.5) is 30.8 Å². The van der Waals surface area contributed by atoms with Crippen molar-refractivity contribution in [1.29, 1.82) is 0 Å². The van der Waals surface area contributed by atoms with Gasteiger partial charge in [-0.2, -0.15) is 18.2 Å². The molecule has 0 spiro atoms. The van der Waals surface area contributed by atoms with Gasteiger partial charge in [0.15, 0.2) is 0 Å². The summed E-state index contributed by atoms with van der Waals surface area (Å²) in [5.41, 5.74) is 5.43. The molecule has 0 saturated heterocycles. The smallest absolute Gasteiger partial charge is 0.421 e. The van der Waals surface area contributed by atoms with Crippen LogP contribution in [0.3, 0.4) is 0 Å². The molecule has 5 N–H and O–H groups in total. The van der Waals surface area contributed by atoms with E-state index in [4.69, 9.17) is 10.5 Å². The molecule has 11 nitrogen and oxygen atoms in total. The highest BCUT2D eigenvalue weighted by molar-refractivity contribution is 6.09. The van der Waals surface area contributed by atoms with Crippen LogP contribution in [-0.4, -0.2) is 43.2 Å². The molecule has 0 atom stereocenters. The number of carboxylic acids is 1. The highest BCUT2D eigenvalue weighted by Crippen LogP contribution is 2.38. The number of hydrogen-bond donors (Lipinski definition) is 4. The van der Waals surface area contributed by atoms with Gasteiger partial charge in [-0.05, 0) is 62.7 Å². The van der Waals surface area contributed by atoms with Crippen LogP contribution >= 0.6 is 0 Å². The third kappa shape index (κ3) is 6.72. The number of nitrogens with one attached hydrogen (secondary N) is 2. The Labute approximate surface area is 232 Å². The monoisotopic (exact) mass is 569 g/mol. The lowest BCUT2D eigenvalue weighted by Gasteiger charge is -2.28. The molecule has 0 unspecified atom stereocenters. The summed E-state index contributed by atoms with van der Waals surface area (Å²) in [6.45, 7) is 5.21. The van der Waals surface area contributed by atoms with Gasteiger partial charge in [0.1, 0.15) is 11.3 Å². The number of aromatic nitrogens is 4. The molecule has 1 amide bonds.